The molecule has 204 valence electrons. The second-order valence-corrected chi connectivity index (χ2v) is 10.3. The number of amides is 1. The average molecular weight is 508 g/mol. The van der Waals surface area contributed by atoms with E-state index in [0.29, 0.717) is 6.42 Å². The molecule has 0 bridgehead atoms. The van der Waals surface area contributed by atoms with Gasteiger partial charge in [0.25, 0.3) is 0 Å². The van der Waals surface area contributed by atoms with E-state index < -0.39 is 17.8 Å². The summed E-state index contributed by atoms with van der Waals surface area (Å²) in [4.78, 5) is 23.2. The van der Waals surface area contributed by atoms with Crippen molar-refractivity contribution in [2.45, 2.75) is 109 Å². The second-order valence-electron chi connectivity index (χ2n) is 10.3. The molecular formula is C28H45NO7. The first-order valence-corrected chi connectivity index (χ1v) is 12.9. The van der Waals surface area contributed by atoms with Crippen molar-refractivity contribution >= 4 is 12.2 Å². The molecule has 8 heteroatoms. The number of aliphatic hydroxyl groups excluding tert-OH is 1. The van der Waals surface area contributed by atoms with Crippen LogP contribution in [-0.2, 0) is 28.5 Å². The Morgan fingerprint density at radius 1 is 1.22 bits per heavy atom. The first-order chi connectivity index (χ1) is 17.0. The van der Waals surface area contributed by atoms with Crippen LogP contribution in [0.1, 0.15) is 60.3 Å². The fourth-order valence-corrected chi connectivity index (χ4v) is 4.73. The van der Waals surface area contributed by atoms with Crippen LogP contribution in [0.2, 0.25) is 0 Å². The van der Waals surface area contributed by atoms with E-state index in [1.54, 1.807) is 20.3 Å². The normalized spacial score (nSPS) is 36.8. The smallest absolute Gasteiger partial charge is 0.244 e. The van der Waals surface area contributed by atoms with E-state index in [4.69, 9.17) is 18.9 Å². The van der Waals surface area contributed by atoms with Crippen LogP contribution in [0.3, 0.4) is 0 Å². The van der Waals surface area contributed by atoms with Crippen LogP contribution in [0.5, 0.6) is 0 Å². The Bertz CT molecular complexity index is 810. The Morgan fingerprint density at radius 2 is 1.94 bits per heavy atom. The van der Waals surface area contributed by atoms with Crippen molar-refractivity contribution in [2.75, 3.05) is 14.2 Å². The molecule has 1 amide bonds. The van der Waals surface area contributed by atoms with Crippen molar-refractivity contribution in [3.63, 3.8) is 0 Å². The molecule has 0 aromatic rings. The van der Waals surface area contributed by atoms with Crippen LogP contribution < -0.4 is 5.32 Å². The van der Waals surface area contributed by atoms with E-state index in [1.807, 2.05) is 39.8 Å². The second kappa shape index (κ2) is 14.2. The minimum atomic E-state index is -0.836. The minimum absolute atomic E-state index is 0.0458. The number of aliphatic hydroxyl groups is 1. The number of ether oxygens (including phenoxy) is 4. The van der Waals surface area contributed by atoms with E-state index in [9.17, 15) is 14.7 Å². The van der Waals surface area contributed by atoms with Gasteiger partial charge in [-0.3, -0.25) is 4.79 Å². The zero-order valence-corrected chi connectivity index (χ0v) is 22.8. The number of hydrogen-bond acceptors (Lipinski definition) is 7. The molecule has 2 rings (SSSR count). The van der Waals surface area contributed by atoms with Gasteiger partial charge >= 0.3 is 0 Å². The van der Waals surface area contributed by atoms with Crippen molar-refractivity contribution in [3.8, 4) is 0 Å². The molecule has 2 N–H and O–H groups in total. The molecule has 0 aromatic heterocycles. The number of allylic oxidation sites excluding steroid dienone is 2. The largest absolute Gasteiger partial charge is 0.387 e. The summed E-state index contributed by atoms with van der Waals surface area (Å²) in [7, 11) is 3.17. The quantitative estimate of drug-likeness (QED) is 0.251. The fraction of sp³-hybridized carbons (Fsp3) is 0.714. The van der Waals surface area contributed by atoms with Gasteiger partial charge in [-0.1, -0.05) is 36.8 Å². The van der Waals surface area contributed by atoms with Crippen LogP contribution >= 0.6 is 0 Å². The van der Waals surface area contributed by atoms with Crippen molar-refractivity contribution in [2.24, 2.45) is 5.92 Å². The number of nitrogens with one attached hydrogen (secondary N) is 1. The average Bonchev–Trinajstić information content (AvgIpc) is 2.85. The lowest BCUT2D eigenvalue weighted by molar-refractivity contribution is -0.206. The maximum atomic E-state index is 12.2. The Kier molecular flexibility index (Phi) is 12.0. The first kappa shape index (κ1) is 30.4. The zero-order valence-electron chi connectivity index (χ0n) is 22.8. The lowest BCUT2D eigenvalue weighted by atomic mass is 9.84. The van der Waals surface area contributed by atoms with Crippen LogP contribution in [0.25, 0.3) is 0 Å². The predicted molar refractivity (Wildman–Crippen MR) is 139 cm³/mol. The van der Waals surface area contributed by atoms with Gasteiger partial charge < -0.3 is 34.2 Å². The van der Waals surface area contributed by atoms with Crippen LogP contribution in [0.4, 0.5) is 0 Å². The summed E-state index contributed by atoms with van der Waals surface area (Å²) in [5.41, 5.74) is 0.253. The van der Waals surface area contributed by atoms with E-state index >= 15 is 0 Å². The molecule has 2 saturated heterocycles. The van der Waals surface area contributed by atoms with Gasteiger partial charge in [0.15, 0.2) is 0 Å². The lowest BCUT2D eigenvalue weighted by Crippen LogP contribution is -2.56. The summed E-state index contributed by atoms with van der Waals surface area (Å²) in [6, 6.07) is -0.0458. The summed E-state index contributed by atoms with van der Waals surface area (Å²) >= 11 is 0. The van der Waals surface area contributed by atoms with Crippen molar-refractivity contribution < 1.29 is 33.6 Å². The third-order valence-electron chi connectivity index (χ3n) is 7.40. The molecule has 0 saturated carbocycles. The Hall–Kier alpha value is -1.84. The van der Waals surface area contributed by atoms with Crippen molar-refractivity contribution in [3.05, 3.63) is 36.0 Å². The van der Waals surface area contributed by atoms with Crippen molar-refractivity contribution in [1.29, 1.82) is 0 Å². The van der Waals surface area contributed by atoms with Gasteiger partial charge in [-0.25, -0.2) is 0 Å². The van der Waals surface area contributed by atoms with E-state index in [2.05, 4.69) is 18.3 Å². The topological polar surface area (TPSA) is 103 Å². The number of methoxy groups -OCH3 is 2. The van der Waals surface area contributed by atoms with E-state index in [-0.39, 0.29) is 48.7 Å². The van der Waals surface area contributed by atoms with Crippen LogP contribution in [0.15, 0.2) is 36.0 Å². The van der Waals surface area contributed by atoms with E-state index in [1.165, 1.54) is 6.08 Å². The molecule has 7 unspecified atom stereocenters. The molecule has 2 fully saturated rings. The molecule has 0 aromatic carbocycles. The molecule has 0 spiro atoms. The third kappa shape index (κ3) is 8.63. The SMILES string of the molecule is COC(C)/C=C\C(=O)NC1CC(C)C(C/C=C(C)/C=C/C2O[C@H](CC=O)CC(C)(OC)[C@@H]2O)OC1C. The highest BCUT2D eigenvalue weighted by Crippen LogP contribution is 2.34. The standard InChI is InChI=1S/C28H45NO7/c1-18(9-12-25-27(32)28(5,34-7)17-22(36-25)14-15-30)8-11-24-19(2)16-23(21(4)35-24)29-26(31)13-10-20(3)33-6/h8-10,12-13,15,19-25,27,32H,11,14,16-17H2,1-7H3,(H,29,31)/b12-9+,13-10-,18-8+/t19?,20?,21?,22-,23?,24?,25?,27-,28?/m1/s1. The number of rotatable bonds is 11. The van der Waals surface area contributed by atoms with Gasteiger partial charge in [0.2, 0.25) is 5.91 Å². The fourth-order valence-electron chi connectivity index (χ4n) is 4.73. The monoisotopic (exact) mass is 507 g/mol. The molecule has 8 nitrogen and oxygen atoms in total. The summed E-state index contributed by atoms with van der Waals surface area (Å²) in [5.74, 6) is 0.134. The Balaban J connectivity index is 1.93. The van der Waals surface area contributed by atoms with Gasteiger partial charge in [0.05, 0.1) is 36.1 Å². The molecule has 2 heterocycles. The molecule has 2 aliphatic rings. The van der Waals surface area contributed by atoms with Crippen LogP contribution in [-0.4, -0.2) is 79.8 Å². The number of carbonyl (C=O) groups excluding carboxylic acids is 2. The minimum Gasteiger partial charge on any atom is -0.387 e. The summed E-state index contributed by atoms with van der Waals surface area (Å²) in [6.45, 7) is 9.85. The molecule has 0 radical (unpaired) electrons. The van der Waals surface area contributed by atoms with Crippen LogP contribution in [0, 0.1) is 5.92 Å². The maximum absolute atomic E-state index is 12.2. The maximum Gasteiger partial charge on any atom is 0.244 e. The summed E-state index contributed by atoms with van der Waals surface area (Å²) in [6.07, 6.45) is 10.4. The van der Waals surface area contributed by atoms with Gasteiger partial charge in [-0.05, 0) is 46.5 Å². The Labute approximate surface area is 216 Å². The predicted octanol–water partition coefficient (Wildman–Crippen LogP) is 3.28. The summed E-state index contributed by atoms with van der Waals surface area (Å²) < 4.78 is 22.9. The summed E-state index contributed by atoms with van der Waals surface area (Å²) in [5, 5.41) is 13.8. The molecule has 2 aliphatic heterocycles. The van der Waals surface area contributed by atoms with Gasteiger partial charge in [-0.2, -0.15) is 0 Å². The van der Waals surface area contributed by atoms with Crippen molar-refractivity contribution in [1.82, 2.24) is 5.32 Å². The first-order valence-electron chi connectivity index (χ1n) is 12.9. The highest BCUT2D eigenvalue weighted by Gasteiger charge is 2.45. The highest BCUT2D eigenvalue weighted by atomic mass is 16.5. The molecule has 0 aliphatic carbocycles. The highest BCUT2D eigenvalue weighted by molar-refractivity contribution is 5.87. The third-order valence-corrected chi connectivity index (χ3v) is 7.40. The number of hydrogen-bond donors (Lipinski definition) is 2. The van der Waals surface area contributed by atoms with E-state index in [0.717, 1.165) is 24.7 Å². The molecule has 36 heavy (non-hydrogen) atoms. The zero-order chi connectivity index (χ0) is 26.9. The van der Waals surface area contributed by atoms with Gasteiger partial charge in [-0.15, -0.1) is 0 Å². The number of aldehydes is 1. The van der Waals surface area contributed by atoms with Gasteiger partial charge in [0, 0.05) is 33.1 Å². The Morgan fingerprint density at radius 3 is 2.58 bits per heavy atom. The number of carbonyl (C=O) groups is 2. The molecule has 9 atom stereocenters. The lowest BCUT2D eigenvalue weighted by Gasteiger charge is -2.44. The molecular weight excluding hydrogens is 462 g/mol. The van der Waals surface area contributed by atoms with Gasteiger partial charge in [0.1, 0.15) is 18.5 Å².